The summed E-state index contributed by atoms with van der Waals surface area (Å²) in [5, 5.41) is 18.3. The molecule has 0 unspecified atom stereocenters. The molecule has 0 amide bonds. The maximum atomic E-state index is 13.6. The zero-order chi connectivity index (χ0) is 27.5. The van der Waals surface area contributed by atoms with Crippen LogP contribution in [0.1, 0.15) is 23.6 Å². The quantitative estimate of drug-likeness (QED) is 0.259. The van der Waals surface area contributed by atoms with Crippen molar-refractivity contribution in [3.05, 3.63) is 95.4 Å². The first kappa shape index (κ1) is 26.0. The fourth-order valence-electron chi connectivity index (χ4n) is 4.87. The third-order valence-corrected chi connectivity index (χ3v) is 6.86. The van der Waals surface area contributed by atoms with E-state index in [4.69, 9.17) is 0 Å². The van der Waals surface area contributed by atoms with Gasteiger partial charge in [0.2, 0.25) is 0 Å². The molecule has 1 saturated heterocycles. The van der Waals surface area contributed by atoms with Crippen LogP contribution in [0.25, 0.3) is 22.2 Å². The number of piperazine rings is 1. The van der Waals surface area contributed by atoms with Crippen molar-refractivity contribution in [2.75, 3.05) is 26.2 Å². The minimum atomic E-state index is -0.562. The normalized spacial score (nSPS) is 15.1. The van der Waals surface area contributed by atoms with Crippen molar-refractivity contribution in [3.8, 4) is 17.2 Å². The largest absolute Gasteiger partial charge is 0.354 e. The summed E-state index contributed by atoms with van der Waals surface area (Å²) in [7, 11) is 1.87. The number of aromatic nitrogens is 4. The number of allylic oxidation sites excluding steroid dienone is 3. The molecule has 4 heterocycles. The maximum absolute atomic E-state index is 13.6. The predicted octanol–water partition coefficient (Wildman–Crippen LogP) is 4.65. The summed E-state index contributed by atoms with van der Waals surface area (Å²) in [6, 6.07) is 7.92. The first-order valence-corrected chi connectivity index (χ1v) is 12.5. The molecule has 1 fully saturated rings. The lowest BCUT2D eigenvalue weighted by Gasteiger charge is -2.36. The van der Waals surface area contributed by atoms with E-state index >= 15 is 0 Å². The highest BCUT2D eigenvalue weighted by Crippen LogP contribution is 2.29. The van der Waals surface area contributed by atoms with Gasteiger partial charge in [0, 0.05) is 74.9 Å². The molecular weight excluding hydrogens is 498 g/mol. The van der Waals surface area contributed by atoms with Gasteiger partial charge in [-0.05, 0) is 49.1 Å². The number of rotatable bonds is 7. The Labute approximate surface area is 225 Å². The number of nitrogens with zero attached hydrogens (tertiary/aromatic N) is 8. The zero-order valence-electron chi connectivity index (χ0n) is 21.8. The van der Waals surface area contributed by atoms with Gasteiger partial charge in [-0.3, -0.25) is 9.58 Å². The molecule has 0 N–H and O–H groups in total. The van der Waals surface area contributed by atoms with E-state index in [0.717, 1.165) is 52.8 Å². The Bertz CT molecular complexity index is 1610. The van der Waals surface area contributed by atoms with E-state index in [1.165, 1.54) is 12.1 Å². The number of hydrogen-bond acceptors (Lipinski definition) is 6. The van der Waals surface area contributed by atoms with Crippen LogP contribution in [0.15, 0.2) is 72.0 Å². The van der Waals surface area contributed by atoms with Crippen molar-refractivity contribution in [2.45, 2.75) is 13.5 Å². The third kappa shape index (κ3) is 5.63. The van der Waals surface area contributed by atoms with Crippen LogP contribution in [-0.4, -0.2) is 62.1 Å². The highest BCUT2D eigenvalue weighted by molar-refractivity contribution is 5.84. The Morgan fingerprint density at radius 1 is 1.03 bits per heavy atom. The van der Waals surface area contributed by atoms with E-state index in [0.29, 0.717) is 30.8 Å². The van der Waals surface area contributed by atoms with Crippen molar-refractivity contribution in [2.24, 2.45) is 12.0 Å². The highest BCUT2D eigenvalue weighted by atomic mass is 19.1. The fourth-order valence-corrected chi connectivity index (χ4v) is 4.87. The number of benzene rings is 1. The number of aryl methyl sites for hydroxylation is 1. The van der Waals surface area contributed by atoms with Gasteiger partial charge in [0.25, 0.3) is 0 Å². The van der Waals surface area contributed by atoms with E-state index in [9.17, 15) is 14.0 Å². The van der Waals surface area contributed by atoms with Gasteiger partial charge in [0.15, 0.2) is 0 Å². The standard InChI is InChI=1S/C29H28F2N8/c1-20(27-12-22(24-16-34-36(3)18-24)19-39-29(27)23(14-32)15-35-39)4-5-28(33-2)38-8-6-37(7-9-38)17-21-10-25(30)13-26(31)11-21/h4-5,10-13,15-16,18-19H,2,6-9,17H2,1,3H3/b20-4+,28-5+. The second-order valence-corrected chi connectivity index (χ2v) is 9.58. The predicted molar refractivity (Wildman–Crippen MR) is 147 cm³/mol. The molecule has 39 heavy (non-hydrogen) atoms. The second-order valence-electron chi connectivity index (χ2n) is 9.58. The number of hydrogen-bond donors (Lipinski definition) is 0. The summed E-state index contributed by atoms with van der Waals surface area (Å²) in [4.78, 5) is 8.56. The van der Waals surface area contributed by atoms with Crippen LogP contribution in [-0.2, 0) is 13.6 Å². The van der Waals surface area contributed by atoms with E-state index in [1.54, 1.807) is 21.6 Å². The zero-order valence-corrected chi connectivity index (χ0v) is 21.8. The van der Waals surface area contributed by atoms with Crippen LogP contribution in [0.5, 0.6) is 0 Å². The molecule has 0 aliphatic carbocycles. The Morgan fingerprint density at radius 3 is 2.41 bits per heavy atom. The van der Waals surface area contributed by atoms with Crippen LogP contribution >= 0.6 is 0 Å². The molecule has 0 atom stereocenters. The number of nitriles is 1. The van der Waals surface area contributed by atoms with Crippen molar-refractivity contribution < 1.29 is 8.78 Å². The molecule has 1 aliphatic rings. The monoisotopic (exact) mass is 526 g/mol. The van der Waals surface area contributed by atoms with Gasteiger partial charge in [-0.15, -0.1) is 0 Å². The summed E-state index contributed by atoms with van der Waals surface area (Å²) < 4.78 is 30.6. The number of halogens is 2. The number of pyridine rings is 1. The van der Waals surface area contributed by atoms with E-state index in [2.05, 4.69) is 37.8 Å². The SMILES string of the molecule is C=N/C(=C\C=C(/C)c1cc(-c2cnn(C)c2)cn2ncc(C#N)c12)N1CCN(Cc2cc(F)cc(F)c2)CC1. The first-order valence-electron chi connectivity index (χ1n) is 12.5. The van der Waals surface area contributed by atoms with Crippen LogP contribution in [0.3, 0.4) is 0 Å². The van der Waals surface area contributed by atoms with Crippen LogP contribution in [0.4, 0.5) is 8.78 Å². The Kier molecular flexibility index (Phi) is 7.34. The molecule has 198 valence electrons. The molecule has 3 aromatic heterocycles. The number of fused-ring (bicyclic) bond motifs is 1. The second kappa shape index (κ2) is 11.0. The van der Waals surface area contributed by atoms with Gasteiger partial charge < -0.3 is 4.90 Å². The molecule has 1 aromatic carbocycles. The summed E-state index contributed by atoms with van der Waals surface area (Å²) in [5.74, 6) is -0.389. The molecule has 1 aliphatic heterocycles. The van der Waals surface area contributed by atoms with Crippen LogP contribution in [0, 0.1) is 23.0 Å². The van der Waals surface area contributed by atoms with Crippen molar-refractivity contribution >= 4 is 17.8 Å². The minimum absolute atomic E-state index is 0.484. The van der Waals surface area contributed by atoms with Gasteiger partial charge in [-0.2, -0.15) is 15.5 Å². The fraction of sp³-hybridized carbons (Fsp3) is 0.241. The molecule has 10 heteroatoms. The Morgan fingerprint density at radius 2 is 1.77 bits per heavy atom. The molecule has 0 bridgehead atoms. The van der Waals surface area contributed by atoms with Crippen LogP contribution < -0.4 is 0 Å². The van der Waals surface area contributed by atoms with E-state index in [1.807, 2.05) is 44.6 Å². The van der Waals surface area contributed by atoms with Crippen molar-refractivity contribution in [3.63, 3.8) is 0 Å². The lowest BCUT2D eigenvalue weighted by Crippen LogP contribution is -2.45. The van der Waals surface area contributed by atoms with E-state index < -0.39 is 11.6 Å². The van der Waals surface area contributed by atoms with Gasteiger partial charge in [0.1, 0.15) is 23.5 Å². The smallest absolute Gasteiger partial charge is 0.127 e. The average Bonchev–Trinajstić information content (AvgIpc) is 3.54. The minimum Gasteiger partial charge on any atom is -0.354 e. The van der Waals surface area contributed by atoms with Crippen molar-refractivity contribution in [1.29, 1.82) is 5.26 Å². The molecular formula is C29H28F2N8. The van der Waals surface area contributed by atoms with Crippen molar-refractivity contribution in [1.82, 2.24) is 29.2 Å². The summed E-state index contributed by atoms with van der Waals surface area (Å²) in [5.41, 5.74) is 5.57. The molecule has 0 saturated carbocycles. The lowest BCUT2D eigenvalue weighted by molar-refractivity contribution is 0.152. The maximum Gasteiger partial charge on any atom is 0.127 e. The molecule has 5 rings (SSSR count). The first-order chi connectivity index (χ1) is 18.8. The van der Waals surface area contributed by atoms with Gasteiger partial charge in [-0.25, -0.2) is 18.3 Å². The van der Waals surface area contributed by atoms with Gasteiger partial charge in [-0.1, -0.05) is 6.08 Å². The van der Waals surface area contributed by atoms with Gasteiger partial charge in [0.05, 0.1) is 23.5 Å². The van der Waals surface area contributed by atoms with E-state index in [-0.39, 0.29) is 0 Å². The van der Waals surface area contributed by atoms with Gasteiger partial charge >= 0.3 is 0 Å². The average molecular weight is 527 g/mol. The Hall–Kier alpha value is -4.62. The topological polar surface area (TPSA) is 77.8 Å². The molecule has 0 radical (unpaired) electrons. The highest BCUT2D eigenvalue weighted by Gasteiger charge is 2.19. The molecule has 8 nitrogen and oxygen atoms in total. The third-order valence-electron chi connectivity index (χ3n) is 6.86. The number of aliphatic imine (C=N–C) groups is 1. The Balaban J connectivity index is 1.37. The lowest BCUT2D eigenvalue weighted by atomic mass is 10.0. The van der Waals surface area contributed by atoms with Crippen LogP contribution in [0.2, 0.25) is 0 Å². The summed E-state index contributed by atoms with van der Waals surface area (Å²) >= 11 is 0. The summed E-state index contributed by atoms with van der Waals surface area (Å²) in [6.45, 7) is 9.10. The summed E-state index contributed by atoms with van der Waals surface area (Å²) in [6.07, 6.45) is 11.1. The molecule has 0 spiro atoms. The molecule has 4 aromatic rings.